The summed E-state index contributed by atoms with van der Waals surface area (Å²) in [6.45, 7) is 0. The first-order valence-corrected chi connectivity index (χ1v) is 2.12. The fourth-order valence-electron chi connectivity index (χ4n) is 0. The Morgan fingerprint density at radius 2 is 2.25 bits per heavy atom. The third-order valence-corrected chi connectivity index (χ3v) is 0.520. The minimum absolute atomic E-state index is 0.613. The molecule has 18 valence electrons. The quantitative estimate of drug-likeness (QED) is 0.395. The SMILES string of the molecule is C#[P+]C#P. The van der Waals surface area contributed by atoms with Gasteiger partial charge in [-0.2, -0.15) is 0 Å². The molecule has 0 rings (SSSR count). The number of rotatable bonds is 0. The van der Waals surface area contributed by atoms with Crippen molar-refractivity contribution in [3.8, 4) is 11.5 Å². The Morgan fingerprint density at radius 1 is 2.00 bits per heavy atom. The van der Waals surface area contributed by atoms with Gasteiger partial charge >= 0.3 is 28.2 Å². The van der Waals surface area contributed by atoms with Crippen LogP contribution in [0.25, 0.3) is 0 Å². The van der Waals surface area contributed by atoms with E-state index in [1.54, 1.807) is 0 Å². The minimum atomic E-state index is 0.613. The maximum atomic E-state index is 4.81. The van der Waals surface area contributed by atoms with Crippen molar-refractivity contribution in [2.24, 2.45) is 0 Å². The summed E-state index contributed by atoms with van der Waals surface area (Å²) in [5, 5.41) is 2.38. The molecule has 0 aromatic heterocycles. The average molecular weight is 87.0 g/mol. The van der Waals surface area contributed by atoms with E-state index in [2.05, 4.69) is 14.1 Å². The van der Waals surface area contributed by atoms with E-state index in [4.69, 9.17) is 6.13 Å². The van der Waals surface area contributed by atoms with Crippen molar-refractivity contribution in [2.75, 3.05) is 0 Å². The molecule has 0 spiro atoms. The molecule has 0 aliphatic carbocycles. The van der Waals surface area contributed by atoms with Gasteiger partial charge in [0.05, 0.1) is 0 Å². The summed E-state index contributed by atoms with van der Waals surface area (Å²) in [5.41, 5.74) is 0. The molecule has 0 amide bonds. The van der Waals surface area contributed by atoms with Gasteiger partial charge in [-0.15, -0.1) is 0 Å². The Hall–Kier alpha value is 0.420. The van der Waals surface area contributed by atoms with Crippen molar-refractivity contribution < 1.29 is 0 Å². The van der Waals surface area contributed by atoms with Crippen LogP contribution in [0.3, 0.4) is 0 Å². The van der Waals surface area contributed by atoms with Crippen LogP contribution in [-0.2, 0) is 0 Å². The molecule has 0 fully saturated rings. The predicted molar refractivity (Wildman–Crippen MR) is 22.7 cm³/mol. The summed E-state index contributed by atoms with van der Waals surface area (Å²) in [5.74, 6) is 0. The molecule has 0 unspecified atom stereocenters. The second-order valence-electron chi connectivity index (χ2n) is 0.229. The van der Waals surface area contributed by atoms with Crippen LogP contribution in [0, 0.1) is 11.5 Å². The van der Waals surface area contributed by atoms with Crippen molar-refractivity contribution in [2.45, 2.75) is 0 Å². The van der Waals surface area contributed by atoms with Crippen LogP contribution in [0.2, 0.25) is 0 Å². The fraction of sp³-hybridized carbons (Fsp3) is 0. The first kappa shape index (κ1) is 4.42. The molecule has 4 heavy (non-hydrogen) atoms. The third kappa shape index (κ3) is 2.42. The van der Waals surface area contributed by atoms with Crippen molar-refractivity contribution in [1.29, 1.82) is 0 Å². The van der Waals surface area contributed by atoms with Gasteiger partial charge in [0.1, 0.15) is 0 Å². The van der Waals surface area contributed by atoms with Gasteiger partial charge in [0, 0.05) is 0 Å². The molecule has 0 aliphatic heterocycles. The van der Waals surface area contributed by atoms with Crippen LogP contribution >= 0.6 is 16.7 Å². The van der Waals surface area contributed by atoms with Gasteiger partial charge in [-0.1, -0.05) is 0 Å². The summed E-state index contributed by atoms with van der Waals surface area (Å²) in [6, 6.07) is 0. The van der Waals surface area contributed by atoms with E-state index in [0.29, 0.717) is 8.04 Å². The molecular formula is C2HP2+. The zero-order valence-electron chi connectivity index (χ0n) is 1.97. The third-order valence-electron chi connectivity index (χ3n) is 0.0577. The topological polar surface area (TPSA) is 0 Å². The second-order valence-corrected chi connectivity index (χ2v) is 1.29. The van der Waals surface area contributed by atoms with Gasteiger partial charge in [0.25, 0.3) is 0 Å². The zero-order valence-corrected chi connectivity index (χ0v) is 3.76. The summed E-state index contributed by atoms with van der Waals surface area (Å²) in [4.78, 5) is 0. The molecule has 0 saturated carbocycles. The Labute approximate surface area is 29.2 Å². The molecule has 0 nitrogen and oxygen atoms in total. The van der Waals surface area contributed by atoms with E-state index < -0.39 is 0 Å². The molecule has 0 N–H and O–H groups in total. The van der Waals surface area contributed by atoms with Crippen LogP contribution < -0.4 is 0 Å². The Bertz CT molecular complexity index is 59.0. The van der Waals surface area contributed by atoms with Crippen molar-refractivity contribution in [3.63, 3.8) is 0 Å². The summed E-state index contributed by atoms with van der Waals surface area (Å²) >= 11 is 0. The number of hydrogen-bond donors (Lipinski definition) is 0. The predicted octanol–water partition coefficient (Wildman–Crippen LogP) is 1.85. The molecule has 2 heteroatoms. The molecule has 0 saturated heterocycles. The maximum absolute atomic E-state index is 4.81. The van der Waals surface area contributed by atoms with Gasteiger partial charge in [-0.3, -0.25) is 0 Å². The molecule has 0 atom stereocenters. The van der Waals surface area contributed by atoms with Crippen LogP contribution in [-0.4, -0.2) is 0 Å². The fourth-order valence-corrected chi connectivity index (χ4v) is 0. The average Bonchev–Trinajstić information content (AvgIpc) is 1.37. The Kier molecular flexibility index (Phi) is 3.78. The van der Waals surface area contributed by atoms with Crippen LogP contribution in [0.5, 0.6) is 0 Å². The van der Waals surface area contributed by atoms with Crippen LogP contribution in [0.15, 0.2) is 0 Å². The normalized spacial score (nSPS) is 3.50. The molecule has 0 radical (unpaired) electrons. The van der Waals surface area contributed by atoms with E-state index in [-0.39, 0.29) is 0 Å². The summed E-state index contributed by atoms with van der Waals surface area (Å²) in [6.07, 6.45) is 4.81. The molecule has 0 aromatic carbocycles. The van der Waals surface area contributed by atoms with Crippen molar-refractivity contribution >= 4 is 16.7 Å². The first-order valence-electron chi connectivity index (χ1n) is 0.705. The van der Waals surface area contributed by atoms with Crippen LogP contribution in [0.1, 0.15) is 0 Å². The number of hydrogen-bond acceptors (Lipinski definition) is 0. The second kappa shape index (κ2) is 3.42. The Morgan fingerprint density at radius 3 is 2.25 bits per heavy atom. The summed E-state index contributed by atoms with van der Waals surface area (Å²) < 4.78 is 0. The molecule has 0 aliphatic rings. The summed E-state index contributed by atoms with van der Waals surface area (Å²) in [7, 11) is 4.15. The van der Waals surface area contributed by atoms with Gasteiger partial charge in [0.2, 0.25) is 0 Å². The van der Waals surface area contributed by atoms with Crippen molar-refractivity contribution in [1.82, 2.24) is 0 Å². The van der Waals surface area contributed by atoms with E-state index in [9.17, 15) is 0 Å². The zero-order chi connectivity index (χ0) is 3.41. The monoisotopic (exact) mass is 87.0 g/mol. The van der Waals surface area contributed by atoms with E-state index >= 15 is 0 Å². The molecule has 0 heterocycles. The standard InChI is InChI=1S/C2HP2/c1-4-2-3/h1H/q+1. The Balaban J connectivity index is 3.14. The molecular weight excluding hydrogens is 86.0 g/mol. The molecule has 0 bridgehead atoms. The van der Waals surface area contributed by atoms with Gasteiger partial charge in [-0.05, 0) is 0 Å². The van der Waals surface area contributed by atoms with E-state index in [1.165, 1.54) is 0 Å². The first-order chi connectivity index (χ1) is 1.91. The van der Waals surface area contributed by atoms with E-state index in [0.717, 1.165) is 0 Å². The van der Waals surface area contributed by atoms with Crippen molar-refractivity contribution in [3.05, 3.63) is 0 Å². The van der Waals surface area contributed by atoms with Crippen LogP contribution in [0.4, 0.5) is 0 Å². The van der Waals surface area contributed by atoms with E-state index in [1.807, 2.05) is 0 Å². The van der Waals surface area contributed by atoms with Gasteiger partial charge in [0.15, 0.2) is 0 Å². The van der Waals surface area contributed by atoms with Gasteiger partial charge < -0.3 is 0 Å². The van der Waals surface area contributed by atoms with Gasteiger partial charge in [-0.25, -0.2) is 0 Å². The molecule has 0 aromatic rings.